The van der Waals surface area contributed by atoms with E-state index in [-0.39, 0.29) is 12.7 Å². The zero-order valence-corrected chi connectivity index (χ0v) is 15.2. The fourth-order valence-electron chi connectivity index (χ4n) is 3.17. The van der Waals surface area contributed by atoms with Gasteiger partial charge in [-0.2, -0.15) is 0 Å². The van der Waals surface area contributed by atoms with Gasteiger partial charge in [-0.25, -0.2) is 0 Å². The largest absolute Gasteiger partial charge is 0.464 e. The van der Waals surface area contributed by atoms with Crippen molar-refractivity contribution in [2.75, 3.05) is 13.8 Å². The van der Waals surface area contributed by atoms with E-state index in [1.54, 1.807) is 11.2 Å². The summed E-state index contributed by atoms with van der Waals surface area (Å²) in [6.07, 6.45) is 2.01. The van der Waals surface area contributed by atoms with Crippen molar-refractivity contribution in [2.45, 2.75) is 26.8 Å². The van der Waals surface area contributed by atoms with Crippen molar-refractivity contribution in [2.24, 2.45) is 0 Å². The molecule has 0 radical (unpaired) electrons. The van der Waals surface area contributed by atoms with Crippen molar-refractivity contribution in [3.8, 4) is 11.5 Å². The Balaban J connectivity index is 1.48. The molecule has 0 aliphatic carbocycles. The second-order valence-corrected chi connectivity index (χ2v) is 6.81. The number of amides is 1. The first kappa shape index (κ1) is 16.5. The fourth-order valence-corrected chi connectivity index (χ4v) is 3.17. The van der Waals surface area contributed by atoms with Crippen LogP contribution in [-0.2, 0) is 17.8 Å². The third kappa shape index (κ3) is 3.01. The maximum absolute atomic E-state index is 12.7. The number of aryl methyl sites for hydroxylation is 2. The summed E-state index contributed by atoms with van der Waals surface area (Å²) < 4.78 is 16.4. The number of carbonyl (C=O) groups is 1. The molecule has 2 aromatic carbocycles. The molecular formula is C21H21NO4. The van der Waals surface area contributed by atoms with Gasteiger partial charge in [0, 0.05) is 24.5 Å². The predicted octanol–water partition coefficient (Wildman–Crippen LogP) is 3.98. The minimum Gasteiger partial charge on any atom is -0.464 e. The summed E-state index contributed by atoms with van der Waals surface area (Å²) in [7, 11) is 1.81. The van der Waals surface area contributed by atoms with E-state index in [9.17, 15) is 4.79 Å². The van der Waals surface area contributed by atoms with Crippen LogP contribution in [0.15, 0.2) is 41.0 Å². The highest BCUT2D eigenvalue weighted by Gasteiger charge is 2.17. The Morgan fingerprint density at radius 2 is 1.85 bits per heavy atom. The average molecular weight is 351 g/mol. The number of furan rings is 1. The number of hydrogen-bond acceptors (Lipinski definition) is 4. The lowest BCUT2D eigenvalue weighted by atomic mass is 10.0. The molecule has 3 aromatic rings. The molecule has 5 heteroatoms. The molecule has 0 atom stereocenters. The lowest BCUT2D eigenvalue weighted by molar-refractivity contribution is -0.129. The first-order valence-corrected chi connectivity index (χ1v) is 8.61. The van der Waals surface area contributed by atoms with Gasteiger partial charge in [-0.15, -0.1) is 0 Å². The van der Waals surface area contributed by atoms with Crippen LogP contribution in [0.2, 0.25) is 0 Å². The van der Waals surface area contributed by atoms with E-state index in [2.05, 4.69) is 19.9 Å². The Morgan fingerprint density at radius 3 is 2.69 bits per heavy atom. The number of likely N-dealkylation sites (N-methyl/N-ethyl adjacent to an activating group) is 1. The molecule has 26 heavy (non-hydrogen) atoms. The van der Waals surface area contributed by atoms with Crippen molar-refractivity contribution in [3.63, 3.8) is 0 Å². The quantitative estimate of drug-likeness (QED) is 0.713. The lowest BCUT2D eigenvalue weighted by Gasteiger charge is -2.17. The van der Waals surface area contributed by atoms with E-state index in [0.29, 0.717) is 13.0 Å². The van der Waals surface area contributed by atoms with Crippen molar-refractivity contribution >= 4 is 16.9 Å². The number of fused-ring (bicyclic) bond motifs is 2. The highest BCUT2D eigenvalue weighted by Crippen LogP contribution is 2.33. The van der Waals surface area contributed by atoms with Gasteiger partial charge in [0.05, 0.1) is 12.7 Å². The van der Waals surface area contributed by atoms with Gasteiger partial charge in [0.15, 0.2) is 11.5 Å². The molecule has 0 fully saturated rings. The van der Waals surface area contributed by atoms with Gasteiger partial charge in [0.1, 0.15) is 5.58 Å². The average Bonchev–Trinajstić information content (AvgIpc) is 3.22. The Hall–Kier alpha value is -2.95. The summed E-state index contributed by atoms with van der Waals surface area (Å²) in [5.74, 6) is 1.52. The second kappa shape index (κ2) is 6.41. The van der Waals surface area contributed by atoms with E-state index in [1.807, 2.05) is 31.3 Å². The molecular weight excluding hydrogens is 330 g/mol. The Bertz CT molecular complexity index is 989. The maximum Gasteiger partial charge on any atom is 0.231 e. The highest BCUT2D eigenvalue weighted by molar-refractivity contribution is 5.88. The third-order valence-electron chi connectivity index (χ3n) is 4.89. The predicted molar refractivity (Wildman–Crippen MR) is 98.4 cm³/mol. The zero-order chi connectivity index (χ0) is 18.3. The molecule has 2 heterocycles. The van der Waals surface area contributed by atoms with Gasteiger partial charge in [-0.3, -0.25) is 4.79 Å². The van der Waals surface area contributed by atoms with Gasteiger partial charge >= 0.3 is 0 Å². The molecule has 0 N–H and O–H groups in total. The van der Waals surface area contributed by atoms with Crippen molar-refractivity contribution in [1.82, 2.24) is 4.90 Å². The van der Waals surface area contributed by atoms with Crippen LogP contribution in [0.25, 0.3) is 11.0 Å². The van der Waals surface area contributed by atoms with Crippen LogP contribution in [0.5, 0.6) is 11.5 Å². The number of hydrogen-bond donors (Lipinski definition) is 0. The molecule has 5 nitrogen and oxygen atoms in total. The van der Waals surface area contributed by atoms with Crippen molar-refractivity contribution in [1.29, 1.82) is 0 Å². The van der Waals surface area contributed by atoms with Gasteiger partial charge < -0.3 is 18.8 Å². The molecule has 1 aliphatic rings. The van der Waals surface area contributed by atoms with Crippen molar-refractivity contribution in [3.05, 3.63) is 58.8 Å². The fraction of sp³-hybridized carbons (Fsp3) is 0.286. The molecule has 0 saturated carbocycles. The number of ether oxygens (including phenoxy) is 2. The second-order valence-electron chi connectivity index (χ2n) is 6.81. The summed E-state index contributed by atoms with van der Waals surface area (Å²) in [6.45, 7) is 4.89. The molecule has 0 spiro atoms. The normalized spacial score (nSPS) is 12.6. The van der Waals surface area contributed by atoms with Crippen LogP contribution in [-0.4, -0.2) is 24.6 Å². The number of carbonyl (C=O) groups excluding carboxylic acids is 1. The van der Waals surface area contributed by atoms with Crippen LogP contribution in [0.4, 0.5) is 0 Å². The number of rotatable bonds is 4. The van der Waals surface area contributed by atoms with E-state index >= 15 is 0 Å². The molecule has 0 bridgehead atoms. The van der Waals surface area contributed by atoms with Gasteiger partial charge in [0.2, 0.25) is 12.7 Å². The van der Waals surface area contributed by atoms with Gasteiger partial charge in [0.25, 0.3) is 0 Å². The summed E-state index contributed by atoms with van der Waals surface area (Å²) in [5, 5.41) is 1.01. The zero-order valence-electron chi connectivity index (χ0n) is 15.2. The van der Waals surface area contributed by atoms with Gasteiger partial charge in [-0.1, -0.05) is 6.07 Å². The van der Waals surface area contributed by atoms with Crippen LogP contribution in [0.3, 0.4) is 0 Å². The van der Waals surface area contributed by atoms with Crippen molar-refractivity contribution < 1.29 is 18.7 Å². The minimum atomic E-state index is 0.0450. The topological polar surface area (TPSA) is 51.9 Å². The van der Waals surface area contributed by atoms with Crippen LogP contribution in [0, 0.1) is 13.8 Å². The van der Waals surface area contributed by atoms with Crippen LogP contribution in [0.1, 0.15) is 22.3 Å². The standard InChI is InChI=1S/C21H21NO4/c1-13-6-17-16(11-24-19(17)7-14(13)2)9-21(23)22(3)10-15-4-5-18-20(8-15)26-12-25-18/h4-8,11H,9-10,12H2,1-3H3. The molecule has 1 amide bonds. The van der Waals surface area contributed by atoms with E-state index in [4.69, 9.17) is 13.9 Å². The molecule has 134 valence electrons. The first-order chi connectivity index (χ1) is 12.5. The first-order valence-electron chi connectivity index (χ1n) is 8.61. The third-order valence-corrected chi connectivity index (χ3v) is 4.89. The lowest BCUT2D eigenvalue weighted by Crippen LogP contribution is -2.27. The monoisotopic (exact) mass is 351 g/mol. The Kier molecular flexibility index (Phi) is 4.07. The van der Waals surface area contributed by atoms with Crippen LogP contribution >= 0.6 is 0 Å². The minimum absolute atomic E-state index is 0.0450. The molecule has 0 saturated heterocycles. The molecule has 0 unspecified atom stereocenters. The molecule has 4 rings (SSSR count). The highest BCUT2D eigenvalue weighted by atomic mass is 16.7. The Morgan fingerprint density at radius 1 is 1.08 bits per heavy atom. The van der Waals surface area contributed by atoms with E-state index in [1.165, 1.54) is 11.1 Å². The van der Waals surface area contributed by atoms with E-state index < -0.39 is 0 Å². The molecule has 1 aromatic heterocycles. The summed E-state index contributed by atoms with van der Waals surface area (Å²) in [5.41, 5.74) is 5.14. The maximum atomic E-state index is 12.7. The smallest absolute Gasteiger partial charge is 0.231 e. The summed E-state index contributed by atoms with van der Waals surface area (Å²) >= 11 is 0. The molecule has 1 aliphatic heterocycles. The SMILES string of the molecule is Cc1cc2occ(CC(=O)N(C)Cc3ccc4c(c3)OCO4)c2cc1C. The number of benzene rings is 2. The number of nitrogens with zero attached hydrogens (tertiary/aromatic N) is 1. The summed E-state index contributed by atoms with van der Waals surface area (Å²) in [6, 6.07) is 9.87. The van der Waals surface area contributed by atoms with E-state index in [0.717, 1.165) is 33.6 Å². The van der Waals surface area contributed by atoms with Gasteiger partial charge in [-0.05, 0) is 54.8 Å². The Labute approximate surface area is 152 Å². The summed E-state index contributed by atoms with van der Waals surface area (Å²) in [4.78, 5) is 14.4. The van der Waals surface area contributed by atoms with Crippen LogP contribution < -0.4 is 9.47 Å².